The summed E-state index contributed by atoms with van der Waals surface area (Å²) in [6, 6.07) is 6.39. The van der Waals surface area contributed by atoms with Gasteiger partial charge in [-0.2, -0.15) is 0 Å². The number of nitrogens with zero attached hydrogens (tertiary/aromatic N) is 2. The van der Waals surface area contributed by atoms with Gasteiger partial charge >= 0.3 is 0 Å². The Morgan fingerprint density at radius 3 is 3.04 bits per heavy atom. The fraction of sp³-hybridized carbons (Fsp3) is 0.444. The van der Waals surface area contributed by atoms with Gasteiger partial charge in [0.15, 0.2) is 0 Å². The normalized spacial score (nSPS) is 18.2. The highest BCUT2D eigenvalue weighted by Gasteiger charge is 2.26. The molecular weight excluding hydrogens is 290 g/mol. The van der Waals surface area contributed by atoms with Crippen LogP contribution in [0.1, 0.15) is 34.9 Å². The Kier molecular flexibility index (Phi) is 4.76. The maximum Gasteiger partial charge on any atom is 0.223 e. The van der Waals surface area contributed by atoms with E-state index in [-0.39, 0.29) is 12.0 Å². The second-order valence-electron chi connectivity index (χ2n) is 6.14. The lowest BCUT2D eigenvalue weighted by Crippen LogP contribution is -2.42. The zero-order valence-electron chi connectivity index (χ0n) is 13.7. The highest BCUT2D eigenvalue weighted by molar-refractivity contribution is 5.76. The van der Waals surface area contributed by atoms with Crippen LogP contribution in [-0.4, -0.2) is 40.5 Å². The van der Waals surface area contributed by atoms with Crippen LogP contribution in [0, 0.1) is 13.8 Å². The highest BCUT2D eigenvalue weighted by Crippen LogP contribution is 2.26. The number of hydrogen-bond donors (Lipinski definition) is 1. The van der Waals surface area contributed by atoms with Crippen LogP contribution in [0.2, 0.25) is 0 Å². The topological polar surface area (TPSA) is 58.2 Å². The van der Waals surface area contributed by atoms with E-state index in [4.69, 9.17) is 4.74 Å². The summed E-state index contributed by atoms with van der Waals surface area (Å²) in [4.78, 5) is 21.4. The number of nitrogens with one attached hydrogen (secondary N) is 1. The van der Waals surface area contributed by atoms with Crippen LogP contribution in [0.15, 0.2) is 30.7 Å². The van der Waals surface area contributed by atoms with Gasteiger partial charge in [0, 0.05) is 24.9 Å². The molecule has 2 heterocycles. The van der Waals surface area contributed by atoms with Gasteiger partial charge < -0.3 is 14.6 Å². The first-order valence-corrected chi connectivity index (χ1v) is 8.07. The summed E-state index contributed by atoms with van der Waals surface area (Å²) in [5, 5.41) is 0. The molecule has 0 radical (unpaired) electrons. The van der Waals surface area contributed by atoms with E-state index in [0.29, 0.717) is 32.5 Å². The molecule has 1 unspecified atom stereocenters. The van der Waals surface area contributed by atoms with Crippen molar-refractivity contribution < 1.29 is 9.53 Å². The number of morpholine rings is 1. The number of hydrogen-bond acceptors (Lipinski definition) is 3. The molecule has 1 fully saturated rings. The second-order valence-corrected chi connectivity index (χ2v) is 6.14. The summed E-state index contributed by atoms with van der Waals surface area (Å²) in [5.41, 5.74) is 4.65. The number of ether oxygens (including phenoxy) is 1. The van der Waals surface area contributed by atoms with Crippen molar-refractivity contribution in [2.75, 3.05) is 19.7 Å². The van der Waals surface area contributed by atoms with Gasteiger partial charge in [-0.1, -0.05) is 23.8 Å². The molecule has 0 saturated carbocycles. The van der Waals surface area contributed by atoms with Crippen LogP contribution in [0.4, 0.5) is 0 Å². The Morgan fingerprint density at radius 1 is 1.43 bits per heavy atom. The smallest absolute Gasteiger partial charge is 0.223 e. The lowest BCUT2D eigenvalue weighted by Gasteiger charge is -2.34. The second kappa shape index (κ2) is 6.96. The molecule has 1 aliphatic heterocycles. The van der Waals surface area contributed by atoms with Gasteiger partial charge in [-0.3, -0.25) is 4.79 Å². The van der Waals surface area contributed by atoms with Gasteiger partial charge in [0.1, 0.15) is 6.10 Å². The van der Waals surface area contributed by atoms with Crippen molar-refractivity contribution in [3.05, 3.63) is 53.1 Å². The minimum absolute atomic E-state index is 0.0274. The Morgan fingerprint density at radius 2 is 2.30 bits per heavy atom. The van der Waals surface area contributed by atoms with Crippen molar-refractivity contribution in [1.29, 1.82) is 0 Å². The molecule has 1 N–H and O–H groups in total. The maximum atomic E-state index is 12.4. The lowest BCUT2D eigenvalue weighted by molar-refractivity contribution is -0.139. The lowest BCUT2D eigenvalue weighted by atomic mass is 10.00. The third-order valence-electron chi connectivity index (χ3n) is 4.35. The van der Waals surface area contributed by atoms with Gasteiger partial charge in [-0.15, -0.1) is 0 Å². The molecule has 3 rings (SSSR count). The molecule has 0 aliphatic carbocycles. The van der Waals surface area contributed by atoms with E-state index < -0.39 is 0 Å². The Hall–Kier alpha value is -2.14. The standard InChI is InChI=1S/C18H23N3O2/c1-13-3-5-16(14(2)9-13)17-11-21(7-8-23-17)18(22)6-4-15-10-19-12-20-15/h3,5,9-10,12,17H,4,6-8,11H2,1-2H3,(H,19,20). The van der Waals surface area contributed by atoms with Crippen LogP contribution in [0.3, 0.4) is 0 Å². The third-order valence-corrected chi connectivity index (χ3v) is 4.35. The molecular formula is C18H23N3O2. The van der Waals surface area contributed by atoms with E-state index in [1.165, 1.54) is 16.7 Å². The molecule has 1 aliphatic rings. The minimum atomic E-state index is -0.0274. The Labute approximate surface area is 136 Å². The zero-order chi connectivity index (χ0) is 16.2. The largest absolute Gasteiger partial charge is 0.370 e. The molecule has 1 amide bonds. The predicted octanol–water partition coefficient (Wildman–Crippen LogP) is 2.56. The third kappa shape index (κ3) is 3.79. The Bertz CT molecular complexity index is 667. The molecule has 1 saturated heterocycles. The number of aromatic amines is 1. The minimum Gasteiger partial charge on any atom is -0.370 e. The summed E-state index contributed by atoms with van der Waals surface area (Å²) in [7, 11) is 0. The van der Waals surface area contributed by atoms with E-state index in [1.807, 2.05) is 4.90 Å². The molecule has 1 atom stereocenters. The summed E-state index contributed by atoms with van der Waals surface area (Å²) < 4.78 is 5.91. The number of H-pyrrole nitrogens is 1. The molecule has 1 aromatic heterocycles. The van der Waals surface area contributed by atoms with Crippen LogP contribution < -0.4 is 0 Å². The molecule has 0 bridgehead atoms. The van der Waals surface area contributed by atoms with Crippen molar-refractivity contribution in [3.63, 3.8) is 0 Å². The fourth-order valence-electron chi connectivity index (χ4n) is 3.07. The van der Waals surface area contributed by atoms with E-state index in [0.717, 1.165) is 5.69 Å². The van der Waals surface area contributed by atoms with Crippen molar-refractivity contribution in [3.8, 4) is 0 Å². The van der Waals surface area contributed by atoms with E-state index in [9.17, 15) is 4.79 Å². The fourth-order valence-corrected chi connectivity index (χ4v) is 3.07. The number of benzene rings is 1. The first kappa shape index (κ1) is 15.7. The summed E-state index contributed by atoms with van der Waals surface area (Å²) >= 11 is 0. The summed E-state index contributed by atoms with van der Waals surface area (Å²) in [6.07, 6.45) is 4.59. The molecule has 5 nitrogen and oxygen atoms in total. The monoisotopic (exact) mass is 313 g/mol. The quantitative estimate of drug-likeness (QED) is 0.944. The molecule has 0 spiro atoms. The average molecular weight is 313 g/mol. The van der Waals surface area contributed by atoms with Crippen LogP contribution in [0.5, 0.6) is 0 Å². The number of carbonyl (C=O) groups is 1. The summed E-state index contributed by atoms with van der Waals surface area (Å²) in [5.74, 6) is 0.178. The van der Waals surface area contributed by atoms with Crippen LogP contribution >= 0.6 is 0 Å². The van der Waals surface area contributed by atoms with Gasteiger partial charge in [0.2, 0.25) is 5.91 Å². The average Bonchev–Trinajstić information content (AvgIpc) is 3.06. The van der Waals surface area contributed by atoms with Crippen LogP contribution in [0.25, 0.3) is 0 Å². The van der Waals surface area contributed by atoms with Gasteiger partial charge in [0.05, 0.1) is 19.5 Å². The first-order chi connectivity index (χ1) is 11.1. The number of imidazole rings is 1. The number of amides is 1. The molecule has 23 heavy (non-hydrogen) atoms. The number of aromatic nitrogens is 2. The number of rotatable bonds is 4. The van der Waals surface area contributed by atoms with Crippen LogP contribution in [-0.2, 0) is 16.0 Å². The van der Waals surface area contributed by atoms with Gasteiger partial charge in [-0.05, 0) is 31.4 Å². The number of aryl methyl sites for hydroxylation is 3. The van der Waals surface area contributed by atoms with Crippen molar-refractivity contribution in [2.45, 2.75) is 32.8 Å². The Balaban J connectivity index is 1.62. The highest BCUT2D eigenvalue weighted by atomic mass is 16.5. The molecule has 2 aromatic rings. The predicted molar refractivity (Wildman–Crippen MR) is 88.1 cm³/mol. The first-order valence-electron chi connectivity index (χ1n) is 8.07. The van der Waals surface area contributed by atoms with Crippen molar-refractivity contribution in [1.82, 2.24) is 14.9 Å². The van der Waals surface area contributed by atoms with E-state index in [1.54, 1.807) is 12.5 Å². The number of carbonyl (C=O) groups excluding carboxylic acids is 1. The van der Waals surface area contributed by atoms with Crippen molar-refractivity contribution in [2.24, 2.45) is 0 Å². The van der Waals surface area contributed by atoms with Crippen molar-refractivity contribution >= 4 is 5.91 Å². The zero-order valence-corrected chi connectivity index (χ0v) is 13.7. The molecule has 5 heteroatoms. The van der Waals surface area contributed by atoms with E-state index in [2.05, 4.69) is 42.0 Å². The summed E-state index contributed by atoms with van der Waals surface area (Å²) in [6.45, 7) is 6.08. The van der Waals surface area contributed by atoms with E-state index >= 15 is 0 Å². The van der Waals surface area contributed by atoms with Gasteiger partial charge in [0.25, 0.3) is 0 Å². The molecule has 122 valence electrons. The molecule has 1 aromatic carbocycles. The SMILES string of the molecule is Cc1ccc(C2CN(C(=O)CCc3cnc[nH]3)CCO2)c(C)c1. The van der Waals surface area contributed by atoms with Gasteiger partial charge in [-0.25, -0.2) is 4.98 Å². The maximum absolute atomic E-state index is 12.4.